The Morgan fingerprint density at radius 1 is 1.14 bits per heavy atom. The van der Waals surface area contributed by atoms with Gasteiger partial charge in [-0.3, -0.25) is 0 Å². The summed E-state index contributed by atoms with van der Waals surface area (Å²) in [6, 6.07) is 1.08. The van der Waals surface area contributed by atoms with E-state index in [4.69, 9.17) is 11.1 Å². The number of allylic oxidation sites excluding steroid dienone is 8. The van der Waals surface area contributed by atoms with E-state index in [2.05, 4.69) is 43.4 Å². The highest BCUT2D eigenvalue weighted by molar-refractivity contribution is 7.28. The Morgan fingerprint density at radius 3 is 1.93 bits per heavy atom. The number of hydrogen-bond acceptors (Lipinski definition) is 0. The fraction of sp³-hybridized carbons (Fsp3) is 0.333. The molecule has 0 spiro atoms. The highest BCUT2D eigenvalue weighted by Crippen LogP contribution is 2.37. The summed E-state index contributed by atoms with van der Waals surface area (Å²) in [5.41, 5.74) is 0. The van der Waals surface area contributed by atoms with Crippen molar-refractivity contribution < 1.29 is 0 Å². The zero-order chi connectivity index (χ0) is 10.0. The van der Waals surface area contributed by atoms with Crippen LogP contribution in [0.15, 0.2) is 46.8 Å². The summed E-state index contributed by atoms with van der Waals surface area (Å²) < 4.78 is 0. The molecule has 2 heteroatoms. The summed E-state index contributed by atoms with van der Waals surface area (Å²) in [6.07, 6.45) is 15.5. The van der Waals surface area contributed by atoms with Gasteiger partial charge in [0.05, 0.1) is 0 Å². The molecule has 0 aromatic carbocycles. The van der Waals surface area contributed by atoms with Crippen molar-refractivity contribution in [2.24, 2.45) is 0 Å². The molecule has 0 N–H and O–H groups in total. The largest absolute Gasteiger partial charge is 0.216 e. The standard InChI is InChI=1S/C12H15ClSi/c1-2-14(13,11-7-3-4-8-11)12-9-5-6-10-12/h3,5,7-10H,2,4,6H2,1H3. The van der Waals surface area contributed by atoms with Crippen molar-refractivity contribution >= 4 is 18.5 Å². The van der Waals surface area contributed by atoms with Crippen LogP contribution >= 0.6 is 11.1 Å². The summed E-state index contributed by atoms with van der Waals surface area (Å²) in [5, 5.41) is 2.80. The Hall–Kier alpha value is -0.533. The number of halogens is 1. The second-order valence-electron chi connectivity index (χ2n) is 3.75. The highest BCUT2D eigenvalue weighted by atomic mass is 35.6. The van der Waals surface area contributed by atoms with E-state index in [1.54, 1.807) is 0 Å². The van der Waals surface area contributed by atoms with Crippen LogP contribution in [0.2, 0.25) is 6.04 Å². The van der Waals surface area contributed by atoms with Gasteiger partial charge in [-0.15, -0.1) is 0 Å². The molecule has 14 heavy (non-hydrogen) atoms. The van der Waals surface area contributed by atoms with E-state index >= 15 is 0 Å². The zero-order valence-corrected chi connectivity index (χ0v) is 10.2. The predicted molar refractivity (Wildman–Crippen MR) is 65.8 cm³/mol. The van der Waals surface area contributed by atoms with Gasteiger partial charge in [-0.05, 0) is 29.3 Å². The fourth-order valence-corrected chi connectivity index (χ4v) is 5.72. The van der Waals surface area contributed by atoms with Crippen LogP contribution in [-0.4, -0.2) is 7.38 Å². The predicted octanol–water partition coefficient (Wildman–Crippen LogP) is 4.04. The Balaban J connectivity index is 2.33. The maximum Gasteiger partial charge on any atom is 0.216 e. The summed E-state index contributed by atoms with van der Waals surface area (Å²) >= 11 is 6.84. The van der Waals surface area contributed by atoms with Crippen molar-refractivity contribution in [2.45, 2.75) is 25.8 Å². The van der Waals surface area contributed by atoms with E-state index in [-0.39, 0.29) is 0 Å². The van der Waals surface area contributed by atoms with Gasteiger partial charge in [0.15, 0.2) is 0 Å². The Morgan fingerprint density at radius 2 is 1.64 bits per heavy atom. The molecular formula is C12H15ClSi. The third kappa shape index (κ3) is 1.55. The van der Waals surface area contributed by atoms with Crippen molar-refractivity contribution in [3.8, 4) is 0 Å². The molecule has 0 saturated carbocycles. The van der Waals surface area contributed by atoms with Crippen LogP contribution in [0.3, 0.4) is 0 Å². The van der Waals surface area contributed by atoms with Crippen molar-refractivity contribution in [1.82, 2.24) is 0 Å². The molecule has 0 nitrogen and oxygen atoms in total. The molecule has 2 aliphatic carbocycles. The lowest BCUT2D eigenvalue weighted by molar-refractivity contribution is 1.39. The third-order valence-corrected chi connectivity index (χ3v) is 8.60. The fourth-order valence-electron chi connectivity index (χ4n) is 2.08. The smallest absolute Gasteiger partial charge is 0.155 e. The maximum atomic E-state index is 6.84. The lowest BCUT2D eigenvalue weighted by atomic mass is 10.5. The summed E-state index contributed by atoms with van der Waals surface area (Å²) in [4.78, 5) is 0. The molecular weight excluding hydrogens is 208 g/mol. The highest BCUT2D eigenvalue weighted by Gasteiger charge is 2.36. The van der Waals surface area contributed by atoms with Gasteiger partial charge in [-0.1, -0.05) is 43.4 Å². The first kappa shape index (κ1) is 10.0. The zero-order valence-electron chi connectivity index (χ0n) is 8.46. The monoisotopic (exact) mass is 222 g/mol. The minimum Gasteiger partial charge on any atom is -0.155 e. The lowest BCUT2D eigenvalue weighted by Crippen LogP contribution is -2.30. The van der Waals surface area contributed by atoms with Gasteiger partial charge in [0.2, 0.25) is 7.38 Å². The first-order chi connectivity index (χ1) is 6.77. The Bertz CT molecular complexity index is 317. The summed E-state index contributed by atoms with van der Waals surface area (Å²) in [6.45, 7) is 2.21. The van der Waals surface area contributed by atoms with E-state index < -0.39 is 7.38 Å². The molecule has 0 saturated heterocycles. The second-order valence-corrected chi connectivity index (χ2v) is 9.15. The second kappa shape index (κ2) is 3.91. The molecule has 0 radical (unpaired) electrons. The Kier molecular flexibility index (Phi) is 2.80. The van der Waals surface area contributed by atoms with Gasteiger partial charge in [0.1, 0.15) is 0 Å². The van der Waals surface area contributed by atoms with E-state index in [1.165, 1.54) is 10.4 Å². The van der Waals surface area contributed by atoms with Gasteiger partial charge in [-0.2, -0.15) is 11.1 Å². The lowest BCUT2D eigenvalue weighted by Gasteiger charge is -2.24. The molecule has 74 valence electrons. The van der Waals surface area contributed by atoms with Crippen LogP contribution in [0.25, 0.3) is 0 Å². The average molecular weight is 223 g/mol. The Labute approximate surface area is 91.4 Å². The van der Waals surface area contributed by atoms with Gasteiger partial charge in [0, 0.05) is 0 Å². The maximum absolute atomic E-state index is 6.84. The topological polar surface area (TPSA) is 0 Å². The molecule has 0 heterocycles. The third-order valence-electron chi connectivity index (χ3n) is 2.94. The van der Waals surface area contributed by atoms with Crippen LogP contribution in [0, 0.1) is 0 Å². The van der Waals surface area contributed by atoms with Crippen molar-refractivity contribution in [3.05, 3.63) is 46.8 Å². The minimum absolute atomic E-state index is 1.06. The first-order valence-electron chi connectivity index (χ1n) is 5.20. The molecule has 0 amide bonds. The van der Waals surface area contributed by atoms with Crippen LogP contribution in [-0.2, 0) is 0 Å². The van der Waals surface area contributed by atoms with Crippen LogP contribution in [0.4, 0.5) is 0 Å². The SMILES string of the molecule is CC[Si](Cl)(C1=CCC=C1)C1=CCC=C1. The quantitative estimate of drug-likeness (QED) is 0.500. The van der Waals surface area contributed by atoms with E-state index in [9.17, 15) is 0 Å². The molecule has 0 bridgehead atoms. The van der Waals surface area contributed by atoms with E-state index in [0.29, 0.717) is 0 Å². The molecule has 2 rings (SSSR count). The van der Waals surface area contributed by atoms with Crippen LogP contribution in [0.1, 0.15) is 19.8 Å². The summed E-state index contributed by atoms with van der Waals surface area (Å²) in [7, 11) is -1.84. The molecule has 0 unspecified atom stereocenters. The first-order valence-corrected chi connectivity index (χ1v) is 8.42. The molecule has 0 aromatic rings. The van der Waals surface area contributed by atoms with E-state index in [1.807, 2.05) is 0 Å². The van der Waals surface area contributed by atoms with Crippen molar-refractivity contribution in [3.63, 3.8) is 0 Å². The summed E-state index contributed by atoms with van der Waals surface area (Å²) in [5.74, 6) is 0. The van der Waals surface area contributed by atoms with Gasteiger partial charge in [-0.25, -0.2) is 0 Å². The molecule has 0 atom stereocenters. The van der Waals surface area contributed by atoms with Gasteiger partial charge >= 0.3 is 0 Å². The average Bonchev–Trinajstić information content (AvgIpc) is 2.88. The van der Waals surface area contributed by atoms with Crippen molar-refractivity contribution in [2.75, 3.05) is 0 Å². The van der Waals surface area contributed by atoms with Gasteiger partial charge < -0.3 is 0 Å². The van der Waals surface area contributed by atoms with Crippen molar-refractivity contribution in [1.29, 1.82) is 0 Å². The number of rotatable bonds is 3. The van der Waals surface area contributed by atoms with Crippen LogP contribution < -0.4 is 0 Å². The molecule has 0 fully saturated rings. The molecule has 0 aromatic heterocycles. The van der Waals surface area contributed by atoms with E-state index in [0.717, 1.165) is 18.9 Å². The normalized spacial score (nSPS) is 20.1. The minimum atomic E-state index is -1.84. The molecule has 2 aliphatic rings. The number of hydrogen-bond donors (Lipinski definition) is 0. The van der Waals surface area contributed by atoms with Gasteiger partial charge in [0.25, 0.3) is 0 Å². The molecule has 0 aliphatic heterocycles. The van der Waals surface area contributed by atoms with Crippen LogP contribution in [0.5, 0.6) is 0 Å².